The fourth-order valence-corrected chi connectivity index (χ4v) is 7.31. The van der Waals surface area contributed by atoms with Crippen LogP contribution >= 0.6 is 23.4 Å². The fraction of sp³-hybridized carbons (Fsp3) is 0.641. The van der Waals surface area contributed by atoms with E-state index >= 15 is 0 Å². The van der Waals surface area contributed by atoms with E-state index < -0.39 is 103 Å². The van der Waals surface area contributed by atoms with Crippen molar-refractivity contribution in [3.05, 3.63) is 46.5 Å². The number of aliphatic hydroxyl groups is 1. The Morgan fingerprint density at radius 2 is 2.02 bits per heavy atom. The third kappa shape index (κ3) is 9.73. The van der Waals surface area contributed by atoms with Crippen LogP contribution in [0.3, 0.4) is 0 Å². The number of epoxide rings is 1. The standard InChI is InChI=1S/C39H56ClN3O10S/c1-22-13-12-14-29(50-10)39(48)21-28(51-36(47)41-39)23(2)34-38(6,53-34)30(52-35(46)24(3)42(7)31(44)15-16-37(4,5)54-11)20-32(45)43(8)26-18-25(17-22)19-27(49-9)33(26)40/h12-14,18-19,23-24,28-30,34,48H,15-17,20-21H2,1-11H3,(H,41,47)/b14-12+,22-13+/t23-,24?,28+,29-,30+,34+,38+,39+/m1/s1/i3D3,7D3. The lowest BCUT2D eigenvalue weighted by Gasteiger charge is -2.42. The number of allylic oxidation sites excluding steroid dienone is 3. The Morgan fingerprint density at radius 1 is 1.30 bits per heavy atom. The largest absolute Gasteiger partial charge is 0.495 e. The van der Waals surface area contributed by atoms with E-state index in [0.29, 0.717) is 12.0 Å². The van der Waals surface area contributed by atoms with Crippen LogP contribution in [0.15, 0.2) is 35.9 Å². The van der Waals surface area contributed by atoms with Crippen molar-refractivity contribution in [2.75, 3.05) is 39.4 Å². The number of alkyl carbamates (subject to hydrolysis) is 1. The maximum absolute atomic E-state index is 14.3. The number of benzene rings is 1. The molecule has 3 aliphatic heterocycles. The Balaban J connectivity index is 1.84. The molecule has 1 unspecified atom stereocenters. The van der Waals surface area contributed by atoms with Gasteiger partial charge >= 0.3 is 12.1 Å². The molecule has 2 N–H and O–H groups in total. The molecule has 3 aliphatic rings. The number of hydrogen-bond acceptors (Lipinski definition) is 11. The summed E-state index contributed by atoms with van der Waals surface area (Å²) in [7, 11) is 4.22. The highest BCUT2D eigenvalue weighted by atomic mass is 35.5. The van der Waals surface area contributed by atoms with E-state index in [2.05, 4.69) is 5.32 Å². The third-order valence-corrected chi connectivity index (χ3v) is 12.1. The van der Waals surface area contributed by atoms with Crippen LogP contribution in [0.2, 0.25) is 5.02 Å². The molecule has 2 fully saturated rings. The fourth-order valence-electron chi connectivity index (χ4n) is 6.69. The number of halogens is 1. The first-order valence-electron chi connectivity index (χ1n) is 20.6. The molecule has 300 valence electrons. The maximum atomic E-state index is 14.3. The number of likely N-dealkylation sites (N-methyl/N-ethyl adjacent to an activating group) is 1. The number of ether oxygens (including phenoxy) is 5. The summed E-state index contributed by atoms with van der Waals surface area (Å²) in [6.45, 7) is 1.90. The zero-order valence-electron chi connectivity index (χ0n) is 38.2. The molecule has 0 radical (unpaired) electrons. The molecule has 1 aromatic carbocycles. The van der Waals surface area contributed by atoms with Crippen LogP contribution in [0.25, 0.3) is 0 Å². The molecule has 1 aromatic rings. The molecule has 0 saturated carbocycles. The van der Waals surface area contributed by atoms with Crippen molar-refractivity contribution in [3.63, 3.8) is 0 Å². The predicted octanol–water partition coefficient (Wildman–Crippen LogP) is 5.44. The van der Waals surface area contributed by atoms with Gasteiger partial charge in [0.1, 0.15) is 40.7 Å². The molecule has 2 saturated heterocycles. The number of nitrogens with one attached hydrogen (secondary N) is 1. The molecule has 3 amide bonds. The topological polar surface area (TPSA) is 156 Å². The summed E-state index contributed by atoms with van der Waals surface area (Å²) in [5.74, 6) is -3.88. The molecule has 8 atom stereocenters. The van der Waals surface area contributed by atoms with Crippen molar-refractivity contribution in [3.8, 4) is 5.75 Å². The second-order valence-corrected chi connectivity index (χ2v) is 16.7. The van der Waals surface area contributed by atoms with Gasteiger partial charge in [-0.2, -0.15) is 11.8 Å². The van der Waals surface area contributed by atoms with Crippen LogP contribution in [-0.2, 0) is 39.8 Å². The summed E-state index contributed by atoms with van der Waals surface area (Å²) in [4.78, 5) is 56.5. The van der Waals surface area contributed by atoms with E-state index in [9.17, 15) is 24.3 Å². The van der Waals surface area contributed by atoms with Gasteiger partial charge in [0.15, 0.2) is 5.72 Å². The monoisotopic (exact) mass is 799 g/mol. The van der Waals surface area contributed by atoms with E-state index in [1.165, 1.54) is 44.9 Å². The van der Waals surface area contributed by atoms with Crippen molar-refractivity contribution in [2.24, 2.45) is 5.92 Å². The van der Waals surface area contributed by atoms with Crippen LogP contribution < -0.4 is 15.0 Å². The number of nitrogens with zero attached hydrogens (tertiary/aromatic N) is 2. The Labute approximate surface area is 336 Å². The number of hydrogen-bond donors (Lipinski definition) is 2. The van der Waals surface area contributed by atoms with Gasteiger partial charge in [0, 0.05) is 52.9 Å². The minimum absolute atomic E-state index is 0.0660. The number of rotatable bonds is 9. The summed E-state index contributed by atoms with van der Waals surface area (Å²) < 4.78 is 77.9. The molecule has 54 heavy (non-hydrogen) atoms. The van der Waals surface area contributed by atoms with Crippen LogP contribution in [-0.4, -0.2) is 115 Å². The van der Waals surface area contributed by atoms with Gasteiger partial charge in [0.2, 0.25) is 11.8 Å². The van der Waals surface area contributed by atoms with Gasteiger partial charge in [0.25, 0.3) is 0 Å². The van der Waals surface area contributed by atoms with Gasteiger partial charge in [-0.25, -0.2) is 9.59 Å². The molecule has 4 rings (SSSR count). The Kier molecular flexibility index (Phi) is 11.2. The Hall–Kier alpha value is -3.30. The summed E-state index contributed by atoms with van der Waals surface area (Å²) in [5.41, 5.74) is -1.77. The number of methoxy groups -OCH3 is 2. The molecular formula is C39H56ClN3O10S. The van der Waals surface area contributed by atoms with Crippen LogP contribution in [0.5, 0.6) is 5.75 Å². The molecule has 4 bridgehead atoms. The van der Waals surface area contributed by atoms with E-state index in [4.69, 9.17) is 43.5 Å². The number of amides is 3. The van der Waals surface area contributed by atoms with E-state index in [-0.39, 0.29) is 34.2 Å². The first-order valence-corrected chi connectivity index (χ1v) is 19.2. The van der Waals surface area contributed by atoms with Crippen molar-refractivity contribution in [1.82, 2.24) is 10.2 Å². The average molecular weight is 800 g/mol. The maximum Gasteiger partial charge on any atom is 0.409 e. The lowest BCUT2D eigenvalue weighted by atomic mass is 9.83. The highest BCUT2D eigenvalue weighted by molar-refractivity contribution is 7.99. The lowest BCUT2D eigenvalue weighted by Crippen LogP contribution is -2.63. The molecule has 13 nitrogen and oxygen atoms in total. The summed E-state index contributed by atoms with van der Waals surface area (Å²) >= 11 is 8.17. The van der Waals surface area contributed by atoms with Gasteiger partial charge in [-0.1, -0.05) is 56.2 Å². The number of anilines is 1. The number of thioether (sulfide) groups is 1. The first-order chi connectivity index (χ1) is 27.6. The van der Waals surface area contributed by atoms with Gasteiger partial charge in [0.05, 0.1) is 25.3 Å². The van der Waals surface area contributed by atoms with E-state index in [0.717, 1.165) is 5.57 Å². The molecule has 0 spiro atoms. The van der Waals surface area contributed by atoms with E-state index in [1.807, 2.05) is 27.0 Å². The highest BCUT2D eigenvalue weighted by Gasteiger charge is 2.64. The molecule has 15 heteroatoms. The Bertz CT molecular complexity index is 1860. The second kappa shape index (κ2) is 17.2. The normalized spacial score (nSPS) is 33.3. The highest BCUT2D eigenvalue weighted by Crippen LogP contribution is 2.49. The number of fused-ring (bicyclic) bond motifs is 5. The van der Waals surface area contributed by atoms with Gasteiger partial charge in [-0.3, -0.25) is 14.9 Å². The quantitative estimate of drug-likeness (QED) is 0.243. The summed E-state index contributed by atoms with van der Waals surface area (Å²) in [6.07, 6.45) is 0.591. The third-order valence-electron chi connectivity index (χ3n) is 10.5. The van der Waals surface area contributed by atoms with Gasteiger partial charge < -0.3 is 38.6 Å². The van der Waals surface area contributed by atoms with Crippen LogP contribution in [0, 0.1) is 5.92 Å². The van der Waals surface area contributed by atoms with Crippen molar-refractivity contribution >= 4 is 52.9 Å². The van der Waals surface area contributed by atoms with Crippen molar-refractivity contribution < 1.29 is 56.2 Å². The number of carbonyl (C=O) groups is 4. The minimum atomic E-state index is -3.40. The zero-order valence-corrected chi connectivity index (χ0v) is 33.8. The first kappa shape index (κ1) is 35.1. The molecular weight excluding hydrogens is 738 g/mol. The summed E-state index contributed by atoms with van der Waals surface area (Å²) in [6, 6.07) is 0.777. The number of esters is 1. The Morgan fingerprint density at radius 3 is 2.65 bits per heavy atom. The lowest BCUT2D eigenvalue weighted by molar-refractivity contribution is -0.162. The van der Waals surface area contributed by atoms with Gasteiger partial charge in [-0.05, 0) is 57.5 Å². The zero-order chi connectivity index (χ0) is 45.3. The SMILES string of the molecule is [2H]C([2H])([2H])C(C(=O)O[C@H]1CC(=O)N(C)c2cc(cc(OC)c2Cl)C/C(C)=C/C=C/[C@@H](OC)[C@@]2(O)C[C@H](OC(=O)N2)[C@@H](C)[C@@H]2O[C@@]12C)N(C(=O)CCC(C)(C)SC)C([2H])([2H])[2H]. The van der Waals surface area contributed by atoms with E-state index in [1.54, 1.807) is 37.3 Å². The van der Waals surface area contributed by atoms with Crippen molar-refractivity contribution in [2.45, 2.75) is 120 Å². The molecule has 3 heterocycles. The second-order valence-electron chi connectivity index (χ2n) is 14.9. The average Bonchev–Trinajstić information content (AvgIpc) is 3.84. The number of carbonyl (C=O) groups excluding carboxylic acids is 4. The molecule has 0 aliphatic carbocycles. The van der Waals surface area contributed by atoms with Crippen molar-refractivity contribution in [1.29, 1.82) is 0 Å². The minimum Gasteiger partial charge on any atom is -0.495 e. The smallest absolute Gasteiger partial charge is 0.409 e. The van der Waals surface area contributed by atoms with Gasteiger partial charge in [-0.15, -0.1) is 0 Å². The van der Waals surface area contributed by atoms with Crippen LogP contribution in [0.1, 0.15) is 80.9 Å². The predicted molar refractivity (Wildman–Crippen MR) is 208 cm³/mol. The van der Waals surface area contributed by atoms with Crippen LogP contribution in [0.4, 0.5) is 10.5 Å². The summed E-state index contributed by atoms with van der Waals surface area (Å²) in [5, 5.41) is 14.3. The molecule has 0 aromatic heterocycles.